The standard InChI is InChI=1S/C17H24N4O2/c1-2-8-20-14-5-3-4-6-15(14)21(17(20)23)9-7-16(22)19-12-13-10-18-11-13/h3-6,13,18H,2,7-12H2,1H3,(H,19,22). The summed E-state index contributed by atoms with van der Waals surface area (Å²) in [6, 6.07) is 7.78. The molecule has 3 rings (SSSR count). The van der Waals surface area contributed by atoms with Crippen LogP contribution in [-0.4, -0.2) is 34.7 Å². The van der Waals surface area contributed by atoms with Crippen LogP contribution in [0, 0.1) is 5.92 Å². The molecule has 0 saturated carbocycles. The lowest BCUT2D eigenvalue weighted by atomic mass is 10.0. The number of nitrogens with zero attached hydrogens (tertiary/aromatic N) is 2. The molecule has 2 aromatic rings. The summed E-state index contributed by atoms with van der Waals surface area (Å²) < 4.78 is 3.52. The third-order valence-corrected chi connectivity index (χ3v) is 4.39. The average molecular weight is 316 g/mol. The quantitative estimate of drug-likeness (QED) is 0.799. The van der Waals surface area contributed by atoms with Crippen LogP contribution in [0.25, 0.3) is 11.0 Å². The van der Waals surface area contributed by atoms with Crippen molar-refractivity contribution in [2.45, 2.75) is 32.9 Å². The summed E-state index contributed by atoms with van der Waals surface area (Å²) in [5, 5.41) is 6.14. The van der Waals surface area contributed by atoms with Gasteiger partial charge >= 0.3 is 5.69 Å². The normalized spacial score (nSPS) is 14.8. The minimum absolute atomic E-state index is 0.0103. The van der Waals surface area contributed by atoms with Gasteiger partial charge in [-0.25, -0.2) is 4.79 Å². The maximum absolute atomic E-state index is 12.6. The third-order valence-electron chi connectivity index (χ3n) is 4.39. The number of hydrogen-bond donors (Lipinski definition) is 2. The highest BCUT2D eigenvalue weighted by atomic mass is 16.2. The molecular formula is C17H24N4O2. The van der Waals surface area contributed by atoms with Crippen molar-refractivity contribution in [1.82, 2.24) is 19.8 Å². The highest BCUT2D eigenvalue weighted by Crippen LogP contribution is 2.13. The lowest BCUT2D eigenvalue weighted by molar-refractivity contribution is -0.121. The van der Waals surface area contributed by atoms with Gasteiger partial charge in [0, 0.05) is 45.1 Å². The second-order valence-electron chi connectivity index (χ2n) is 6.15. The van der Waals surface area contributed by atoms with E-state index in [0.717, 1.165) is 37.1 Å². The summed E-state index contributed by atoms with van der Waals surface area (Å²) in [7, 11) is 0. The number of rotatable bonds is 7. The molecule has 124 valence electrons. The number of aromatic nitrogens is 2. The van der Waals surface area contributed by atoms with Crippen LogP contribution in [0.15, 0.2) is 29.1 Å². The summed E-state index contributed by atoms with van der Waals surface area (Å²) >= 11 is 0. The van der Waals surface area contributed by atoms with Gasteiger partial charge in [0.05, 0.1) is 11.0 Å². The van der Waals surface area contributed by atoms with E-state index in [-0.39, 0.29) is 11.6 Å². The van der Waals surface area contributed by atoms with Crippen molar-refractivity contribution in [2.24, 2.45) is 5.92 Å². The highest BCUT2D eigenvalue weighted by molar-refractivity contribution is 5.78. The van der Waals surface area contributed by atoms with Crippen LogP contribution < -0.4 is 16.3 Å². The van der Waals surface area contributed by atoms with Crippen LogP contribution in [0.5, 0.6) is 0 Å². The first kappa shape index (κ1) is 15.8. The number of carbonyl (C=O) groups excluding carboxylic acids is 1. The first-order valence-electron chi connectivity index (χ1n) is 8.36. The monoisotopic (exact) mass is 316 g/mol. The van der Waals surface area contributed by atoms with Gasteiger partial charge in [-0.1, -0.05) is 19.1 Å². The first-order chi connectivity index (χ1) is 11.2. The van der Waals surface area contributed by atoms with Crippen molar-refractivity contribution < 1.29 is 4.79 Å². The van der Waals surface area contributed by atoms with Gasteiger partial charge in [0.2, 0.25) is 5.91 Å². The molecule has 1 fully saturated rings. The van der Waals surface area contributed by atoms with Crippen molar-refractivity contribution >= 4 is 16.9 Å². The van der Waals surface area contributed by atoms with Crippen molar-refractivity contribution in [1.29, 1.82) is 0 Å². The van der Waals surface area contributed by atoms with Crippen molar-refractivity contribution in [3.8, 4) is 0 Å². The Morgan fingerprint density at radius 1 is 1.22 bits per heavy atom. The van der Waals surface area contributed by atoms with E-state index in [1.165, 1.54) is 0 Å². The molecule has 6 heteroatoms. The van der Waals surface area contributed by atoms with Crippen LogP contribution in [0.1, 0.15) is 19.8 Å². The molecule has 1 saturated heterocycles. The number of fused-ring (bicyclic) bond motifs is 1. The smallest absolute Gasteiger partial charge is 0.329 e. The molecule has 1 aliphatic rings. The average Bonchev–Trinajstić information content (AvgIpc) is 2.77. The van der Waals surface area contributed by atoms with E-state index in [4.69, 9.17) is 0 Å². The summed E-state index contributed by atoms with van der Waals surface area (Å²) in [5.41, 5.74) is 1.83. The molecule has 1 aliphatic heterocycles. The van der Waals surface area contributed by atoms with E-state index in [1.807, 2.05) is 24.3 Å². The lowest BCUT2D eigenvalue weighted by Gasteiger charge is -2.27. The highest BCUT2D eigenvalue weighted by Gasteiger charge is 2.17. The second kappa shape index (κ2) is 7.00. The van der Waals surface area contributed by atoms with Gasteiger partial charge in [-0.2, -0.15) is 0 Å². The first-order valence-corrected chi connectivity index (χ1v) is 8.36. The number of amides is 1. The fourth-order valence-electron chi connectivity index (χ4n) is 2.98. The molecule has 6 nitrogen and oxygen atoms in total. The minimum Gasteiger partial charge on any atom is -0.356 e. The Labute approximate surface area is 135 Å². The molecule has 0 unspecified atom stereocenters. The van der Waals surface area contributed by atoms with Crippen LogP contribution in [0.2, 0.25) is 0 Å². The SMILES string of the molecule is CCCn1c(=O)n(CCC(=O)NCC2CNC2)c2ccccc21. The Morgan fingerprint density at radius 3 is 2.43 bits per heavy atom. The third kappa shape index (κ3) is 3.32. The number of imidazole rings is 1. The maximum Gasteiger partial charge on any atom is 0.329 e. The number of nitrogens with one attached hydrogen (secondary N) is 2. The van der Waals surface area contributed by atoms with E-state index in [0.29, 0.717) is 25.4 Å². The van der Waals surface area contributed by atoms with E-state index < -0.39 is 0 Å². The predicted molar refractivity (Wildman–Crippen MR) is 90.5 cm³/mol. The van der Waals surface area contributed by atoms with Crippen LogP contribution in [0.3, 0.4) is 0 Å². The van der Waals surface area contributed by atoms with E-state index in [1.54, 1.807) is 9.13 Å². The van der Waals surface area contributed by atoms with Crippen LogP contribution in [0.4, 0.5) is 0 Å². The van der Waals surface area contributed by atoms with E-state index >= 15 is 0 Å². The Morgan fingerprint density at radius 2 is 1.87 bits per heavy atom. The predicted octanol–water partition coefficient (Wildman–Crippen LogP) is 0.939. The van der Waals surface area contributed by atoms with E-state index in [2.05, 4.69) is 17.6 Å². The maximum atomic E-state index is 12.6. The second-order valence-corrected chi connectivity index (χ2v) is 6.15. The molecule has 1 amide bonds. The Kier molecular flexibility index (Phi) is 4.81. The molecule has 0 radical (unpaired) electrons. The van der Waals surface area contributed by atoms with Gasteiger partial charge in [-0.05, 0) is 18.6 Å². The Balaban J connectivity index is 1.70. The number of benzene rings is 1. The summed E-state index contributed by atoms with van der Waals surface area (Å²) in [6.07, 6.45) is 1.24. The molecule has 2 N–H and O–H groups in total. The molecule has 0 atom stereocenters. The zero-order chi connectivity index (χ0) is 16.2. The van der Waals surface area contributed by atoms with Gasteiger partial charge in [0.15, 0.2) is 0 Å². The summed E-state index contributed by atoms with van der Waals surface area (Å²) in [5.74, 6) is 0.560. The largest absolute Gasteiger partial charge is 0.356 e. The number of hydrogen-bond acceptors (Lipinski definition) is 3. The molecule has 1 aromatic carbocycles. The van der Waals surface area contributed by atoms with Crippen LogP contribution in [-0.2, 0) is 17.9 Å². The summed E-state index contributed by atoms with van der Waals surface area (Å²) in [4.78, 5) is 24.6. The Hall–Kier alpha value is -2.08. The minimum atomic E-state index is -0.0240. The van der Waals surface area contributed by atoms with Crippen molar-refractivity contribution in [3.05, 3.63) is 34.7 Å². The molecule has 0 spiro atoms. The molecule has 23 heavy (non-hydrogen) atoms. The number of para-hydroxylation sites is 2. The number of carbonyl (C=O) groups is 1. The van der Waals surface area contributed by atoms with Gasteiger partial charge < -0.3 is 10.6 Å². The van der Waals surface area contributed by atoms with Crippen LogP contribution >= 0.6 is 0 Å². The summed E-state index contributed by atoms with van der Waals surface area (Å²) in [6.45, 7) is 5.85. The Bertz CT molecular complexity index is 743. The van der Waals surface area contributed by atoms with E-state index in [9.17, 15) is 9.59 Å². The van der Waals surface area contributed by atoms with Gasteiger partial charge in [0.1, 0.15) is 0 Å². The molecule has 2 heterocycles. The fraction of sp³-hybridized carbons (Fsp3) is 0.529. The lowest BCUT2D eigenvalue weighted by Crippen LogP contribution is -2.48. The molecule has 0 aliphatic carbocycles. The fourth-order valence-corrected chi connectivity index (χ4v) is 2.98. The van der Waals surface area contributed by atoms with Gasteiger partial charge in [-0.3, -0.25) is 13.9 Å². The van der Waals surface area contributed by atoms with Crippen molar-refractivity contribution in [2.75, 3.05) is 19.6 Å². The number of aryl methyl sites for hydroxylation is 2. The van der Waals surface area contributed by atoms with Gasteiger partial charge in [-0.15, -0.1) is 0 Å². The zero-order valence-corrected chi connectivity index (χ0v) is 13.5. The molecule has 1 aromatic heterocycles. The zero-order valence-electron chi connectivity index (χ0n) is 13.5. The topological polar surface area (TPSA) is 68.1 Å². The van der Waals surface area contributed by atoms with Gasteiger partial charge in [0.25, 0.3) is 0 Å². The molecular weight excluding hydrogens is 292 g/mol. The van der Waals surface area contributed by atoms with Crippen molar-refractivity contribution in [3.63, 3.8) is 0 Å². The molecule has 0 bridgehead atoms.